The number of nitrogens with zero attached hydrogens (tertiary/aromatic N) is 2. The molecule has 2 aromatic carbocycles. The number of hydrogen-bond donors (Lipinski definition) is 2. The number of nitrogens with one attached hydrogen (secondary N) is 2. The van der Waals surface area contributed by atoms with Gasteiger partial charge in [0.05, 0.1) is 15.9 Å². The topological polar surface area (TPSA) is 83.8 Å². The molecule has 0 amide bonds. The van der Waals surface area contributed by atoms with Crippen LogP contribution >= 0.6 is 23.2 Å². The molecule has 6 nitrogen and oxygen atoms in total. The lowest BCUT2D eigenvalue weighted by Gasteiger charge is -2.04. The Bertz CT molecular complexity index is 1070. The van der Waals surface area contributed by atoms with Gasteiger partial charge >= 0.3 is 6.01 Å². The molecule has 0 bridgehead atoms. The molecule has 0 radical (unpaired) electrons. The molecule has 0 aliphatic rings. The third-order valence-corrected chi connectivity index (χ3v) is 3.75. The van der Waals surface area contributed by atoms with Gasteiger partial charge in [-0.3, -0.25) is 15.1 Å². The highest BCUT2D eigenvalue weighted by Crippen LogP contribution is 2.26. The van der Waals surface area contributed by atoms with Gasteiger partial charge in [-0.1, -0.05) is 35.3 Å². The zero-order valence-corrected chi connectivity index (χ0v) is 12.9. The monoisotopic (exact) mass is 346 g/mol. The van der Waals surface area contributed by atoms with E-state index in [1.165, 1.54) is 12.1 Å². The molecular weight excluding hydrogens is 339 g/mol. The Morgan fingerprint density at radius 2 is 1.96 bits per heavy atom. The maximum atomic E-state index is 12.2. The molecule has 0 fully saturated rings. The van der Waals surface area contributed by atoms with Crippen molar-refractivity contribution in [3.63, 3.8) is 0 Å². The van der Waals surface area contributed by atoms with E-state index in [-0.39, 0.29) is 17.5 Å². The van der Waals surface area contributed by atoms with Crippen LogP contribution in [0.1, 0.15) is 0 Å². The number of hydrogen-bond acceptors (Lipinski definition) is 5. The number of fused-ring (bicyclic) bond motifs is 2. The van der Waals surface area contributed by atoms with Crippen LogP contribution in [0, 0.1) is 0 Å². The summed E-state index contributed by atoms with van der Waals surface area (Å²) in [4.78, 5) is 23.3. The van der Waals surface area contributed by atoms with Gasteiger partial charge in [0, 0.05) is 5.02 Å². The molecule has 2 aromatic heterocycles. The van der Waals surface area contributed by atoms with Gasteiger partial charge in [-0.2, -0.15) is 4.98 Å². The minimum atomic E-state index is -0.363. The van der Waals surface area contributed by atoms with E-state index in [0.717, 1.165) is 0 Å². The number of H-pyrrole nitrogens is 1. The quantitative estimate of drug-likeness (QED) is 0.570. The van der Waals surface area contributed by atoms with E-state index in [1.807, 2.05) is 18.2 Å². The van der Waals surface area contributed by atoms with Gasteiger partial charge in [-0.25, -0.2) is 4.98 Å². The summed E-state index contributed by atoms with van der Waals surface area (Å²) in [6.45, 7) is 0. The Kier molecular flexibility index (Phi) is 3.21. The smallest absolute Gasteiger partial charge is 0.302 e. The summed E-state index contributed by atoms with van der Waals surface area (Å²) in [6, 6.07) is 10.6. The van der Waals surface area contributed by atoms with Gasteiger partial charge in [-0.05, 0) is 24.3 Å². The summed E-state index contributed by atoms with van der Waals surface area (Å²) >= 11 is 12.0. The second kappa shape index (κ2) is 5.26. The van der Waals surface area contributed by atoms with Crippen LogP contribution in [-0.4, -0.2) is 15.0 Å². The minimum Gasteiger partial charge on any atom is -0.423 e. The Morgan fingerprint density at radius 1 is 1.13 bits per heavy atom. The van der Waals surface area contributed by atoms with Crippen molar-refractivity contribution in [3.8, 4) is 0 Å². The lowest BCUT2D eigenvalue weighted by atomic mass is 10.2. The highest BCUT2D eigenvalue weighted by atomic mass is 35.5. The number of halogens is 2. The number of benzene rings is 2. The predicted octanol–water partition coefficient (Wildman–Crippen LogP) is 4.11. The first-order chi connectivity index (χ1) is 11.1. The maximum absolute atomic E-state index is 12.2. The number of para-hydroxylation sites is 2. The largest absolute Gasteiger partial charge is 0.423 e. The van der Waals surface area contributed by atoms with Gasteiger partial charge in [0.25, 0.3) is 5.56 Å². The summed E-state index contributed by atoms with van der Waals surface area (Å²) < 4.78 is 5.53. The molecule has 2 N–H and O–H groups in total. The fourth-order valence-electron chi connectivity index (χ4n) is 2.25. The molecule has 4 aromatic rings. The van der Waals surface area contributed by atoms with E-state index in [0.29, 0.717) is 32.0 Å². The van der Waals surface area contributed by atoms with Gasteiger partial charge in [-0.15, -0.1) is 0 Å². The Balaban J connectivity index is 1.81. The third kappa shape index (κ3) is 2.52. The Morgan fingerprint density at radius 3 is 2.78 bits per heavy atom. The van der Waals surface area contributed by atoms with Gasteiger partial charge in [0.2, 0.25) is 5.95 Å². The van der Waals surface area contributed by atoms with Crippen LogP contribution in [-0.2, 0) is 0 Å². The number of aromatic amines is 1. The molecule has 4 rings (SSSR count). The molecule has 0 aliphatic heterocycles. The number of oxazole rings is 1. The zero-order valence-electron chi connectivity index (χ0n) is 11.4. The zero-order chi connectivity index (χ0) is 16.0. The highest BCUT2D eigenvalue weighted by molar-refractivity contribution is 6.38. The van der Waals surface area contributed by atoms with E-state index in [1.54, 1.807) is 6.07 Å². The van der Waals surface area contributed by atoms with Crippen LogP contribution in [0.5, 0.6) is 0 Å². The molecular formula is C15H8Cl2N4O2. The molecule has 23 heavy (non-hydrogen) atoms. The summed E-state index contributed by atoms with van der Waals surface area (Å²) in [6.07, 6.45) is 0. The van der Waals surface area contributed by atoms with Crippen LogP contribution in [0.15, 0.2) is 45.6 Å². The first-order valence-corrected chi connectivity index (χ1v) is 7.37. The molecule has 0 atom stereocenters. The molecule has 2 heterocycles. The summed E-state index contributed by atoms with van der Waals surface area (Å²) in [5, 5.41) is 3.80. The van der Waals surface area contributed by atoms with Crippen molar-refractivity contribution in [2.24, 2.45) is 0 Å². The lowest BCUT2D eigenvalue weighted by Crippen LogP contribution is -2.11. The van der Waals surface area contributed by atoms with Crippen molar-refractivity contribution in [1.82, 2.24) is 15.0 Å². The average molecular weight is 347 g/mol. The van der Waals surface area contributed by atoms with Crippen molar-refractivity contribution in [2.45, 2.75) is 0 Å². The standard InChI is InChI=1S/C15H8Cl2N4O2/c16-7-5-8-12(9(17)6-7)19-14(20-13(8)22)21-15-18-10-3-1-2-4-11(10)23-15/h1-6H,(H2,18,19,20,21,22). The molecule has 0 unspecified atom stereocenters. The second-order valence-corrected chi connectivity index (χ2v) is 5.65. The van der Waals surface area contributed by atoms with E-state index < -0.39 is 0 Å². The van der Waals surface area contributed by atoms with Gasteiger partial charge < -0.3 is 4.42 Å². The number of rotatable bonds is 2. The lowest BCUT2D eigenvalue weighted by molar-refractivity contribution is 0.621. The van der Waals surface area contributed by atoms with E-state index in [4.69, 9.17) is 27.6 Å². The maximum Gasteiger partial charge on any atom is 0.302 e. The highest BCUT2D eigenvalue weighted by Gasteiger charge is 2.11. The van der Waals surface area contributed by atoms with Crippen LogP contribution in [0.3, 0.4) is 0 Å². The first kappa shape index (κ1) is 14.0. The average Bonchev–Trinajstić information content (AvgIpc) is 2.90. The van der Waals surface area contributed by atoms with Crippen LogP contribution in [0.25, 0.3) is 22.0 Å². The van der Waals surface area contributed by atoms with Crippen molar-refractivity contribution in [1.29, 1.82) is 0 Å². The molecule has 0 saturated carbocycles. The van der Waals surface area contributed by atoms with Crippen molar-refractivity contribution >= 4 is 57.2 Å². The summed E-state index contributed by atoms with van der Waals surface area (Å²) in [7, 11) is 0. The molecule has 0 aliphatic carbocycles. The van der Waals surface area contributed by atoms with Crippen LogP contribution < -0.4 is 10.9 Å². The molecule has 8 heteroatoms. The third-order valence-electron chi connectivity index (χ3n) is 3.25. The molecule has 114 valence electrons. The molecule has 0 saturated heterocycles. The Labute approximate surface area is 139 Å². The number of aromatic nitrogens is 3. The normalized spacial score (nSPS) is 11.2. The second-order valence-electron chi connectivity index (χ2n) is 4.81. The van der Waals surface area contributed by atoms with Crippen molar-refractivity contribution < 1.29 is 4.42 Å². The van der Waals surface area contributed by atoms with E-state index in [9.17, 15) is 4.79 Å². The first-order valence-electron chi connectivity index (χ1n) is 6.62. The predicted molar refractivity (Wildman–Crippen MR) is 89.7 cm³/mol. The summed E-state index contributed by atoms with van der Waals surface area (Å²) in [5.74, 6) is 0.179. The van der Waals surface area contributed by atoms with Crippen molar-refractivity contribution in [2.75, 3.05) is 5.32 Å². The fraction of sp³-hybridized carbons (Fsp3) is 0. The fourth-order valence-corrected chi connectivity index (χ4v) is 2.79. The Hall–Kier alpha value is -2.57. The number of anilines is 2. The van der Waals surface area contributed by atoms with Crippen molar-refractivity contribution in [3.05, 3.63) is 56.8 Å². The van der Waals surface area contributed by atoms with Crippen LogP contribution in [0.4, 0.5) is 12.0 Å². The van der Waals surface area contributed by atoms with Crippen LogP contribution in [0.2, 0.25) is 10.0 Å². The summed E-state index contributed by atoms with van der Waals surface area (Å²) in [5.41, 5.74) is 1.31. The minimum absolute atomic E-state index is 0.179. The SMILES string of the molecule is O=c1[nH]c(Nc2nc3ccccc3o2)nc2c(Cl)cc(Cl)cc12. The van der Waals surface area contributed by atoms with E-state index >= 15 is 0 Å². The van der Waals surface area contributed by atoms with E-state index in [2.05, 4.69) is 20.3 Å². The van der Waals surface area contributed by atoms with Gasteiger partial charge in [0.15, 0.2) is 5.58 Å². The van der Waals surface area contributed by atoms with Gasteiger partial charge in [0.1, 0.15) is 5.52 Å². The molecule has 0 spiro atoms.